The van der Waals surface area contributed by atoms with Gasteiger partial charge in [-0.3, -0.25) is 11.3 Å². The van der Waals surface area contributed by atoms with Gasteiger partial charge in [0.1, 0.15) is 0 Å². The van der Waals surface area contributed by atoms with Gasteiger partial charge in [-0.1, -0.05) is 18.5 Å². The lowest BCUT2D eigenvalue weighted by atomic mass is 10.0. The van der Waals surface area contributed by atoms with E-state index in [0.29, 0.717) is 0 Å². The predicted molar refractivity (Wildman–Crippen MR) is 91.6 cm³/mol. The first kappa shape index (κ1) is 15.3. The molecule has 0 amide bonds. The number of hydrazine groups is 1. The van der Waals surface area contributed by atoms with Gasteiger partial charge in [0, 0.05) is 24.8 Å². The summed E-state index contributed by atoms with van der Waals surface area (Å²) in [6.07, 6.45) is 1.97. The van der Waals surface area contributed by atoms with Gasteiger partial charge in [-0.2, -0.15) is 0 Å². The van der Waals surface area contributed by atoms with Crippen LogP contribution in [0, 0.1) is 3.57 Å². The van der Waals surface area contributed by atoms with Crippen LogP contribution in [0.15, 0.2) is 30.3 Å². The lowest BCUT2D eigenvalue weighted by Gasteiger charge is -2.17. The van der Waals surface area contributed by atoms with Crippen LogP contribution >= 0.6 is 45.5 Å². The molecule has 1 aromatic heterocycles. The van der Waals surface area contributed by atoms with Crippen molar-refractivity contribution in [3.05, 3.63) is 54.2 Å². The quantitative estimate of drug-likeness (QED) is 0.441. The van der Waals surface area contributed by atoms with Gasteiger partial charge in [0.05, 0.1) is 6.04 Å². The molecule has 0 spiro atoms. The Labute approximate surface area is 136 Å². The van der Waals surface area contributed by atoms with Gasteiger partial charge in [0.25, 0.3) is 0 Å². The second-order valence-corrected chi connectivity index (χ2v) is 7.16. The smallest absolute Gasteiger partial charge is 0.0519 e. The second kappa shape index (κ2) is 7.04. The van der Waals surface area contributed by atoms with Crippen LogP contribution in [-0.4, -0.2) is 0 Å². The molecule has 102 valence electrons. The SMILES string of the molecule is CCc1ccc(CC(NN)c2cc(Cl)ccc2I)s1. The van der Waals surface area contributed by atoms with Gasteiger partial charge in [0.15, 0.2) is 0 Å². The normalized spacial score (nSPS) is 12.6. The Bertz CT molecular complexity index is 556. The van der Waals surface area contributed by atoms with Crippen molar-refractivity contribution >= 4 is 45.5 Å². The Kier molecular flexibility index (Phi) is 5.65. The standard InChI is InChI=1S/C14H16ClIN2S/c1-2-10-4-5-11(19-10)8-14(18-17)12-7-9(15)3-6-13(12)16/h3-7,14,18H,2,8,17H2,1H3. The van der Waals surface area contributed by atoms with E-state index in [1.165, 1.54) is 13.3 Å². The molecule has 2 aromatic rings. The number of thiophene rings is 1. The molecule has 0 fully saturated rings. The first-order valence-electron chi connectivity index (χ1n) is 6.12. The molecule has 19 heavy (non-hydrogen) atoms. The molecule has 0 saturated heterocycles. The summed E-state index contributed by atoms with van der Waals surface area (Å²) >= 11 is 10.2. The summed E-state index contributed by atoms with van der Waals surface area (Å²) < 4.78 is 1.18. The van der Waals surface area contributed by atoms with E-state index >= 15 is 0 Å². The Morgan fingerprint density at radius 2 is 2.05 bits per heavy atom. The van der Waals surface area contributed by atoms with E-state index < -0.39 is 0 Å². The first-order valence-corrected chi connectivity index (χ1v) is 8.40. The second-order valence-electron chi connectivity index (χ2n) is 4.31. The van der Waals surface area contributed by atoms with Gasteiger partial charge in [-0.05, 0) is 64.9 Å². The summed E-state index contributed by atoms with van der Waals surface area (Å²) in [6, 6.07) is 10.4. The lowest BCUT2D eigenvalue weighted by molar-refractivity contribution is 0.553. The number of halogens is 2. The molecule has 0 aliphatic rings. The number of hydrogen-bond donors (Lipinski definition) is 2. The molecule has 1 atom stereocenters. The van der Waals surface area contributed by atoms with E-state index in [1.54, 1.807) is 0 Å². The van der Waals surface area contributed by atoms with Crippen LogP contribution in [0.2, 0.25) is 5.02 Å². The van der Waals surface area contributed by atoms with Crippen molar-refractivity contribution in [2.75, 3.05) is 0 Å². The Balaban J connectivity index is 2.22. The molecule has 0 aliphatic heterocycles. The molecule has 3 N–H and O–H groups in total. The minimum absolute atomic E-state index is 0.0916. The molecule has 0 saturated carbocycles. The minimum Gasteiger partial charge on any atom is -0.271 e. The lowest BCUT2D eigenvalue weighted by Crippen LogP contribution is -2.30. The maximum Gasteiger partial charge on any atom is 0.0519 e. The Morgan fingerprint density at radius 3 is 2.68 bits per heavy atom. The fraction of sp³-hybridized carbons (Fsp3) is 0.286. The van der Waals surface area contributed by atoms with Crippen LogP contribution in [0.25, 0.3) is 0 Å². The van der Waals surface area contributed by atoms with E-state index in [9.17, 15) is 0 Å². The summed E-state index contributed by atoms with van der Waals surface area (Å²) in [5.41, 5.74) is 4.06. The van der Waals surface area contributed by atoms with Crippen molar-refractivity contribution in [3.8, 4) is 0 Å². The van der Waals surface area contributed by atoms with E-state index in [1.807, 2.05) is 29.5 Å². The molecular weight excluding hydrogens is 391 g/mol. The monoisotopic (exact) mass is 406 g/mol. The fourth-order valence-corrected chi connectivity index (χ4v) is 3.86. The van der Waals surface area contributed by atoms with Gasteiger partial charge in [-0.15, -0.1) is 11.3 Å². The van der Waals surface area contributed by atoms with E-state index in [0.717, 1.165) is 23.4 Å². The van der Waals surface area contributed by atoms with Gasteiger partial charge < -0.3 is 0 Å². The van der Waals surface area contributed by atoms with E-state index in [4.69, 9.17) is 17.4 Å². The molecule has 2 rings (SSSR count). The van der Waals surface area contributed by atoms with Crippen LogP contribution in [0.1, 0.15) is 28.3 Å². The Hall–Kier alpha value is -0.140. The zero-order valence-electron chi connectivity index (χ0n) is 10.6. The van der Waals surface area contributed by atoms with Crippen LogP contribution in [0.5, 0.6) is 0 Å². The highest BCUT2D eigenvalue weighted by atomic mass is 127. The zero-order chi connectivity index (χ0) is 13.8. The zero-order valence-corrected chi connectivity index (χ0v) is 14.3. The molecule has 1 unspecified atom stereocenters. The molecule has 0 aliphatic carbocycles. The number of benzene rings is 1. The molecule has 0 radical (unpaired) electrons. The Morgan fingerprint density at radius 1 is 1.32 bits per heavy atom. The summed E-state index contributed by atoms with van der Waals surface area (Å²) in [4.78, 5) is 2.75. The average molecular weight is 407 g/mol. The third-order valence-corrected chi connectivity index (χ3v) is 5.48. The van der Waals surface area contributed by atoms with Gasteiger partial charge >= 0.3 is 0 Å². The highest BCUT2D eigenvalue weighted by Crippen LogP contribution is 2.28. The van der Waals surface area contributed by atoms with Crippen LogP contribution in [0.4, 0.5) is 0 Å². The molecule has 1 aromatic carbocycles. The maximum atomic E-state index is 6.08. The number of nitrogens with two attached hydrogens (primary N) is 1. The van der Waals surface area contributed by atoms with Crippen molar-refractivity contribution in [2.24, 2.45) is 5.84 Å². The van der Waals surface area contributed by atoms with Crippen LogP contribution in [0.3, 0.4) is 0 Å². The number of rotatable bonds is 5. The van der Waals surface area contributed by atoms with Gasteiger partial charge in [0.2, 0.25) is 0 Å². The number of nitrogens with one attached hydrogen (secondary N) is 1. The molecule has 1 heterocycles. The average Bonchev–Trinajstić information content (AvgIpc) is 2.87. The van der Waals surface area contributed by atoms with Crippen molar-refractivity contribution in [3.63, 3.8) is 0 Å². The molecule has 0 bridgehead atoms. The third kappa shape index (κ3) is 3.92. The van der Waals surface area contributed by atoms with E-state index in [2.05, 4.69) is 47.1 Å². The summed E-state index contributed by atoms with van der Waals surface area (Å²) in [5, 5.41) is 0.746. The fourth-order valence-electron chi connectivity index (χ4n) is 1.96. The van der Waals surface area contributed by atoms with E-state index in [-0.39, 0.29) is 6.04 Å². The van der Waals surface area contributed by atoms with Crippen molar-refractivity contribution < 1.29 is 0 Å². The topological polar surface area (TPSA) is 38.0 Å². The maximum absolute atomic E-state index is 6.08. The molecular formula is C14H16ClIN2S. The van der Waals surface area contributed by atoms with Crippen molar-refractivity contribution in [1.82, 2.24) is 5.43 Å². The van der Waals surface area contributed by atoms with Gasteiger partial charge in [-0.25, -0.2) is 0 Å². The number of aryl methyl sites for hydroxylation is 1. The first-order chi connectivity index (χ1) is 9.13. The van der Waals surface area contributed by atoms with Crippen molar-refractivity contribution in [1.29, 1.82) is 0 Å². The molecule has 2 nitrogen and oxygen atoms in total. The summed E-state index contributed by atoms with van der Waals surface area (Å²) in [7, 11) is 0. The summed E-state index contributed by atoms with van der Waals surface area (Å²) in [5.74, 6) is 5.72. The highest BCUT2D eigenvalue weighted by molar-refractivity contribution is 14.1. The number of hydrogen-bond acceptors (Lipinski definition) is 3. The highest BCUT2D eigenvalue weighted by Gasteiger charge is 2.15. The van der Waals surface area contributed by atoms with Crippen LogP contribution < -0.4 is 11.3 Å². The molecule has 5 heteroatoms. The largest absolute Gasteiger partial charge is 0.271 e. The predicted octanol–water partition coefficient (Wildman–Crippen LogP) is 4.32. The van der Waals surface area contributed by atoms with Crippen molar-refractivity contribution in [2.45, 2.75) is 25.8 Å². The van der Waals surface area contributed by atoms with Crippen LogP contribution in [-0.2, 0) is 12.8 Å². The minimum atomic E-state index is 0.0916. The third-order valence-electron chi connectivity index (χ3n) is 3.01. The summed E-state index contributed by atoms with van der Waals surface area (Å²) in [6.45, 7) is 2.17.